The van der Waals surface area contributed by atoms with Crippen LogP contribution in [0.3, 0.4) is 0 Å². The van der Waals surface area contributed by atoms with Crippen LogP contribution in [-0.2, 0) is 4.79 Å². The quantitative estimate of drug-likeness (QED) is 0.704. The predicted molar refractivity (Wildman–Crippen MR) is 71.6 cm³/mol. The van der Waals surface area contributed by atoms with E-state index >= 15 is 0 Å². The Morgan fingerprint density at radius 3 is 2.72 bits per heavy atom. The monoisotopic (exact) mass is 249 g/mol. The fraction of sp³-hybridized carbons (Fsp3) is 0.385. The molecule has 0 saturated heterocycles. The van der Waals surface area contributed by atoms with E-state index in [1.807, 2.05) is 6.92 Å². The van der Waals surface area contributed by atoms with Gasteiger partial charge in [0.15, 0.2) is 0 Å². The minimum Gasteiger partial charge on any atom is -0.352 e. The SMILES string of the molecule is CCNC(=O)c1cccc(NC(=O)CCNC)c1. The first kappa shape index (κ1) is 14.2. The van der Waals surface area contributed by atoms with Gasteiger partial charge in [-0.1, -0.05) is 6.07 Å². The van der Waals surface area contributed by atoms with Crippen LogP contribution in [0.4, 0.5) is 5.69 Å². The molecule has 18 heavy (non-hydrogen) atoms. The van der Waals surface area contributed by atoms with Crippen LogP contribution in [0, 0.1) is 0 Å². The summed E-state index contributed by atoms with van der Waals surface area (Å²) in [5, 5.41) is 8.38. The highest BCUT2D eigenvalue weighted by Gasteiger charge is 2.06. The average molecular weight is 249 g/mol. The summed E-state index contributed by atoms with van der Waals surface area (Å²) < 4.78 is 0. The Kier molecular flexibility index (Phi) is 5.87. The maximum atomic E-state index is 11.6. The number of hydrogen-bond acceptors (Lipinski definition) is 3. The summed E-state index contributed by atoms with van der Waals surface area (Å²) in [6.45, 7) is 3.07. The number of carbonyl (C=O) groups is 2. The molecule has 1 aromatic carbocycles. The lowest BCUT2D eigenvalue weighted by atomic mass is 10.2. The largest absolute Gasteiger partial charge is 0.352 e. The summed E-state index contributed by atoms with van der Waals surface area (Å²) in [5.74, 6) is -0.207. The molecule has 5 nitrogen and oxygen atoms in total. The Balaban J connectivity index is 2.64. The van der Waals surface area contributed by atoms with Crippen molar-refractivity contribution >= 4 is 17.5 Å². The van der Waals surface area contributed by atoms with Gasteiger partial charge in [-0.2, -0.15) is 0 Å². The Hall–Kier alpha value is -1.88. The van der Waals surface area contributed by atoms with Crippen molar-refractivity contribution in [3.8, 4) is 0 Å². The molecule has 0 fully saturated rings. The van der Waals surface area contributed by atoms with E-state index in [0.717, 1.165) is 0 Å². The van der Waals surface area contributed by atoms with E-state index in [9.17, 15) is 9.59 Å². The molecule has 5 heteroatoms. The van der Waals surface area contributed by atoms with Gasteiger partial charge in [0.25, 0.3) is 5.91 Å². The molecule has 0 saturated carbocycles. The van der Waals surface area contributed by atoms with Gasteiger partial charge in [-0.3, -0.25) is 9.59 Å². The molecule has 0 aliphatic heterocycles. The van der Waals surface area contributed by atoms with Crippen molar-refractivity contribution in [3.05, 3.63) is 29.8 Å². The van der Waals surface area contributed by atoms with E-state index < -0.39 is 0 Å². The van der Waals surface area contributed by atoms with Gasteiger partial charge < -0.3 is 16.0 Å². The first-order chi connectivity index (χ1) is 8.67. The van der Waals surface area contributed by atoms with Crippen LogP contribution in [-0.4, -0.2) is 32.0 Å². The Morgan fingerprint density at radius 1 is 1.28 bits per heavy atom. The van der Waals surface area contributed by atoms with E-state index in [4.69, 9.17) is 0 Å². The van der Waals surface area contributed by atoms with Gasteiger partial charge in [-0.25, -0.2) is 0 Å². The number of amides is 2. The first-order valence-electron chi connectivity index (χ1n) is 6.00. The first-order valence-corrected chi connectivity index (χ1v) is 6.00. The summed E-state index contributed by atoms with van der Waals surface area (Å²) in [4.78, 5) is 23.1. The van der Waals surface area contributed by atoms with Gasteiger partial charge >= 0.3 is 0 Å². The molecule has 0 spiro atoms. The Labute approximate surface area is 107 Å². The molecule has 1 aromatic rings. The van der Waals surface area contributed by atoms with Crippen LogP contribution in [0.1, 0.15) is 23.7 Å². The Morgan fingerprint density at radius 2 is 2.06 bits per heavy atom. The molecule has 98 valence electrons. The highest BCUT2D eigenvalue weighted by atomic mass is 16.2. The van der Waals surface area contributed by atoms with Gasteiger partial charge in [-0.15, -0.1) is 0 Å². The lowest BCUT2D eigenvalue weighted by Gasteiger charge is -2.07. The zero-order valence-electron chi connectivity index (χ0n) is 10.7. The normalized spacial score (nSPS) is 9.89. The molecule has 0 aromatic heterocycles. The van der Waals surface area contributed by atoms with Gasteiger partial charge in [0, 0.05) is 30.8 Å². The molecule has 0 aliphatic rings. The summed E-state index contributed by atoms with van der Waals surface area (Å²) in [6, 6.07) is 6.90. The zero-order valence-corrected chi connectivity index (χ0v) is 10.7. The molecular formula is C13H19N3O2. The fourth-order valence-corrected chi connectivity index (χ4v) is 1.46. The van der Waals surface area contributed by atoms with Crippen LogP contribution in [0.15, 0.2) is 24.3 Å². The third kappa shape index (κ3) is 4.55. The number of rotatable bonds is 6. The van der Waals surface area contributed by atoms with Crippen molar-refractivity contribution < 1.29 is 9.59 Å². The molecule has 0 heterocycles. The van der Waals surface area contributed by atoms with Gasteiger partial charge in [-0.05, 0) is 32.2 Å². The molecule has 0 bridgehead atoms. The molecule has 0 aliphatic carbocycles. The summed E-state index contributed by atoms with van der Waals surface area (Å²) in [7, 11) is 1.79. The summed E-state index contributed by atoms with van der Waals surface area (Å²) in [6.07, 6.45) is 0.405. The molecule has 3 N–H and O–H groups in total. The molecule has 1 rings (SSSR count). The standard InChI is InChI=1S/C13H19N3O2/c1-3-15-13(18)10-5-4-6-11(9-10)16-12(17)7-8-14-2/h4-6,9,14H,3,7-8H2,1-2H3,(H,15,18)(H,16,17). The van der Waals surface area contributed by atoms with Crippen molar-refractivity contribution in [3.63, 3.8) is 0 Å². The predicted octanol–water partition coefficient (Wildman–Crippen LogP) is 0.984. The van der Waals surface area contributed by atoms with Crippen molar-refractivity contribution in [1.82, 2.24) is 10.6 Å². The smallest absolute Gasteiger partial charge is 0.251 e. The topological polar surface area (TPSA) is 70.2 Å². The van der Waals surface area contributed by atoms with Crippen molar-refractivity contribution in [2.75, 3.05) is 25.5 Å². The molecular weight excluding hydrogens is 230 g/mol. The second-order valence-corrected chi connectivity index (χ2v) is 3.84. The minimum atomic E-state index is -0.135. The molecule has 2 amide bonds. The number of anilines is 1. The summed E-state index contributed by atoms with van der Waals surface area (Å²) in [5.41, 5.74) is 1.18. The second kappa shape index (κ2) is 7.45. The van der Waals surface area contributed by atoms with Gasteiger partial charge in [0.05, 0.1) is 0 Å². The van der Waals surface area contributed by atoms with Crippen molar-refractivity contribution in [1.29, 1.82) is 0 Å². The maximum Gasteiger partial charge on any atom is 0.251 e. The lowest BCUT2D eigenvalue weighted by molar-refractivity contribution is -0.116. The number of benzene rings is 1. The molecule has 0 radical (unpaired) electrons. The van der Waals surface area contributed by atoms with Crippen LogP contribution in [0.2, 0.25) is 0 Å². The van der Waals surface area contributed by atoms with Crippen LogP contribution >= 0.6 is 0 Å². The summed E-state index contributed by atoms with van der Waals surface area (Å²) >= 11 is 0. The number of carbonyl (C=O) groups excluding carboxylic acids is 2. The van der Waals surface area contributed by atoms with Crippen LogP contribution in [0.25, 0.3) is 0 Å². The van der Waals surface area contributed by atoms with Crippen LogP contribution in [0.5, 0.6) is 0 Å². The van der Waals surface area contributed by atoms with Crippen molar-refractivity contribution in [2.45, 2.75) is 13.3 Å². The zero-order chi connectivity index (χ0) is 13.4. The highest BCUT2D eigenvalue weighted by molar-refractivity contribution is 5.97. The van der Waals surface area contributed by atoms with Gasteiger partial charge in [0.1, 0.15) is 0 Å². The average Bonchev–Trinajstić information content (AvgIpc) is 2.37. The van der Waals surface area contributed by atoms with E-state index in [0.29, 0.717) is 30.8 Å². The minimum absolute atomic E-state index is 0.0719. The van der Waals surface area contributed by atoms with Crippen molar-refractivity contribution in [2.24, 2.45) is 0 Å². The van der Waals surface area contributed by atoms with E-state index in [1.165, 1.54) is 0 Å². The fourth-order valence-electron chi connectivity index (χ4n) is 1.46. The Bertz CT molecular complexity index is 418. The number of hydrogen-bond donors (Lipinski definition) is 3. The van der Waals surface area contributed by atoms with E-state index in [2.05, 4.69) is 16.0 Å². The van der Waals surface area contributed by atoms with E-state index in [1.54, 1.807) is 31.3 Å². The number of nitrogens with one attached hydrogen (secondary N) is 3. The highest BCUT2D eigenvalue weighted by Crippen LogP contribution is 2.10. The maximum absolute atomic E-state index is 11.6. The van der Waals surface area contributed by atoms with Crippen LogP contribution < -0.4 is 16.0 Å². The third-order valence-corrected chi connectivity index (χ3v) is 2.35. The molecule has 0 atom stereocenters. The third-order valence-electron chi connectivity index (χ3n) is 2.35. The lowest BCUT2D eigenvalue weighted by Crippen LogP contribution is -2.23. The molecule has 0 unspecified atom stereocenters. The van der Waals surface area contributed by atoms with Gasteiger partial charge in [0.2, 0.25) is 5.91 Å². The van der Waals surface area contributed by atoms with E-state index in [-0.39, 0.29) is 11.8 Å². The second-order valence-electron chi connectivity index (χ2n) is 3.84.